The molecule has 0 aliphatic heterocycles. The predicted molar refractivity (Wildman–Crippen MR) is 200 cm³/mol. The molecule has 0 spiro atoms. The Kier molecular flexibility index (Phi) is 7.20. The molecule has 0 N–H and O–H groups in total. The fourth-order valence-corrected chi connectivity index (χ4v) is 7.40. The molecular weight excluding hydrogens is 553 g/mol. The summed E-state index contributed by atoms with van der Waals surface area (Å²) in [6, 6.07) is 51.4. The first-order valence-electron chi connectivity index (χ1n) is 16.4. The minimum atomic E-state index is 0.961. The van der Waals surface area contributed by atoms with E-state index in [0.29, 0.717) is 0 Å². The Bertz CT molecular complexity index is 2290. The molecule has 0 amide bonds. The number of hydrogen-bond donors (Lipinski definition) is 0. The van der Waals surface area contributed by atoms with Crippen molar-refractivity contribution in [3.8, 4) is 22.3 Å². The average molecular weight is 589 g/mol. The average Bonchev–Trinajstić information content (AvgIpc) is 3.32. The maximum atomic E-state index is 2.34. The highest BCUT2D eigenvalue weighted by Gasteiger charge is 2.18. The molecule has 0 saturated carbocycles. The van der Waals surface area contributed by atoms with E-state index in [4.69, 9.17) is 0 Å². The molecule has 7 aromatic rings. The molecule has 0 fully saturated rings. The Morgan fingerprint density at radius 2 is 1.02 bits per heavy atom. The highest BCUT2D eigenvalue weighted by molar-refractivity contribution is 6.23. The van der Waals surface area contributed by atoms with Crippen molar-refractivity contribution in [2.75, 3.05) is 0 Å². The van der Waals surface area contributed by atoms with E-state index >= 15 is 0 Å². The van der Waals surface area contributed by atoms with Crippen molar-refractivity contribution < 1.29 is 0 Å². The minimum absolute atomic E-state index is 0.961. The van der Waals surface area contributed by atoms with E-state index in [1.54, 1.807) is 0 Å². The molecule has 46 heavy (non-hydrogen) atoms. The third-order valence-corrected chi connectivity index (χ3v) is 9.58. The maximum Gasteiger partial charge on any atom is -0.00201 e. The molecular formula is C46H36. The van der Waals surface area contributed by atoms with Gasteiger partial charge in [-0.2, -0.15) is 0 Å². The topological polar surface area (TPSA) is 0 Å². The van der Waals surface area contributed by atoms with Gasteiger partial charge in [0.05, 0.1) is 0 Å². The van der Waals surface area contributed by atoms with E-state index < -0.39 is 0 Å². The Morgan fingerprint density at radius 3 is 1.70 bits per heavy atom. The third kappa shape index (κ3) is 4.88. The lowest BCUT2D eigenvalue weighted by atomic mass is 9.84. The van der Waals surface area contributed by atoms with Gasteiger partial charge >= 0.3 is 0 Å². The minimum Gasteiger partial charge on any atom is -0.0683 e. The Hall–Kier alpha value is -5.46. The lowest BCUT2D eigenvalue weighted by Gasteiger charge is -2.19. The van der Waals surface area contributed by atoms with Crippen molar-refractivity contribution in [2.24, 2.45) is 0 Å². The van der Waals surface area contributed by atoms with Crippen LogP contribution in [0.2, 0.25) is 0 Å². The zero-order valence-electron chi connectivity index (χ0n) is 26.4. The summed E-state index contributed by atoms with van der Waals surface area (Å²) in [4.78, 5) is 0. The van der Waals surface area contributed by atoms with Crippen LogP contribution in [0.5, 0.6) is 0 Å². The second kappa shape index (κ2) is 11.8. The summed E-state index contributed by atoms with van der Waals surface area (Å²) in [5, 5.41) is 7.81. The molecule has 220 valence electrons. The van der Waals surface area contributed by atoms with Gasteiger partial charge in [-0.3, -0.25) is 0 Å². The number of fused-ring (bicyclic) bond motifs is 3. The number of benzene rings is 7. The molecule has 0 aromatic heterocycles. The molecule has 0 nitrogen and oxygen atoms in total. The molecule has 0 radical (unpaired) electrons. The van der Waals surface area contributed by atoms with Crippen LogP contribution >= 0.6 is 0 Å². The van der Waals surface area contributed by atoms with Crippen LogP contribution in [0.25, 0.3) is 65.7 Å². The zero-order chi connectivity index (χ0) is 31.0. The molecule has 0 bridgehead atoms. The molecule has 8 rings (SSSR count). The van der Waals surface area contributed by atoms with Gasteiger partial charge in [-0.1, -0.05) is 170 Å². The monoisotopic (exact) mass is 588 g/mol. The molecule has 0 saturated heterocycles. The zero-order valence-corrected chi connectivity index (χ0v) is 26.4. The molecule has 7 aromatic carbocycles. The lowest BCUT2D eigenvalue weighted by Crippen LogP contribution is -1.92. The first kappa shape index (κ1) is 28.0. The Morgan fingerprint density at radius 1 is 0.457 bits per heavy atom. The van der Waals surface area contributed by atoms with Gasteiger partial charge in [-0.15, -0.1) is 0 Å². The summed E-state index contributed by atoms with van der Waals surface area (Å²) in [7, 11) is 0. The van der Waals surface area contributed by atoms with Crippen LogP contribution < -0.4 is 0 Å². The van der Waals surface area contributed by atoms with Gasteiger partial charge in [-0.05, 0) is 102 Å². The van der Waals surface area contributed by atoms with E-state index in [1.807, 2.05) is 0 Å². The van der Waals surface area contributed by atoms with Crippen molar-refractivity contribution in [3.63, 3.8) is 0 Å². The summed E-state index contributed by atoms with van der Waals surface area (Å²) >= 11 is 0. The van der Waals surface area contributed by atoms with Gasteiger partial charge in [0.2, 0.25) is 0 Å². The number of hydrogen-bond acceptors (Lipinski definition) is 0. The fourth-order valence-electron chi connectivity index (χ4n) is 7.40. The standard InChI is InChI=1S/C46H36/c1-3-32-15-11-21-39-38(32)20-12-22-40(39)46-43-18-9-7-16-41(43)45(42-17-8-10-19-44(42)46)35-25-23-34(24-26-35)37-28-27-36(29-31(2)30-37)33-13-5-4-6-14-33/h4-28,30H,3,29H2,1-2H3. The van der Waals surface area contributed by atoms with E-state index in [-0.39, 0.29) is 0 Å². The number of aryl methyl sites for hydroxylation is 1. The number of allylic oxidation sites excluding steroid dienone is 6. The van der Waals surface area contributed by atoms with E-state index in [9.17, 15) is 0 Å². The largest absolute Gasteiger partial charge is 0.0683 e. The molecule has 0 heteroatoms. The molecule has 1 aliphatic rings. The molecule has 0 heterocycles. The van der Waals surface area contributed by atoms with E-state index in [0.717, 1.165) is 12.8 Å². The highest BCUT2D eigenvalue weighted by atomic mass is 14.2. The van der Waals surface area contributed by atoms with Crippen LogP contribution in [-0.2, 0) is 6.42 Å². The molecule has 0 unspecified atom stereocenters. The summed E-state index contributed by atoms with van der Waals surface area (Å²) in [5.74, 6) is 0. The van der Waals surface area contributed by atoms with Gasteiger partial charge in [0, 0.05) is 0 Å². The maximum absolute atomic E-state index is 2.34. The predicted octanol–water partition coefficient (Wildman–Crippen LogP) is 12.9. The molecule has 0 atom stereocenters. The van der Waals surface area contributed by atoms with E-state index in [1.165, 1.54) is 88.0 Å². The van der Waals surface area contributed by atoms with Crippen LogP contribution in [0.4, 0.5) is 0 Å². The van der Waals surface area contributed by atoms with Gasteiger partial charge in [0.15, 0.2) is 0 Å². The summed E-state index contributed by atoms with van der Waals surface area (Å²) < 4.78 is 0. The van der Waals surface area contributed by atoms with Crippen molar-refractivity contribution in [1.82, 2.24) is 0 Å². The Labute approximate surface area is 271 Å². The fraction of sp³-hybridized carbons (Fsp3) is 0.0870. The second-order valence-corrected chi connectivity index (χ2v) is 12.4. The molecule has 1 aliphatic carbocycles. The van der Waals surface area contributed by atoms with Crippen molar-refractivity contribution >= 4 is 43.5 Å². The third-order valence-electron chi connectivity index (χ3n) is 9.58. The smallest absolute Gasteiger partial charge is 0.00201 e. The SMILES string of the molecule is CCc1cccc2c(-c3c4ccccc4c(-c4ccc(C5=CC=C(c6ccccc6)CC(C)=C5)cc4)c4ccccc34)cccc12. The van der Waals surface area contributed by atoms with E-state index in [2.05, 4.69) is 172 Å². The van der Waals surface area contributed by atoms with Crippen LogP contribution in [0, 0.1) is 0 Å². The summed E-state index contributed by atoms with van der Waals surface area (Å²) in [5.41, 5.74) is 13.1. The first-order chi connectivity index (χ1) is 22.7. The number of rotatable bonds is 5. The van der Waals surface area contributed by atoms with Crippen LogP contribution in [0.3, 0.4) is 0 Å². The summed E-state index contributed by atoms with van der Waals surface area (Å²) in [6.07, 6.45) is 8.90. The first-order valence-corrected chi connectivity index (χ1v) is 16.4. The second-order valence-electron chi connectivity index (χ2n) is 12.4. The van der Waals surface area contributed by atoms with Crippen LogP contribution in [0.15, 0.2) is 163 Å². The highest BCUT2D eigenvalue weighted by Crippen LogP contribution is 2.45. The van der Waals surface area contributed by atoms with Gasteiger partial charge in [0.1, 0.15) is 0 Å². The summed E-state index contributed by atoms with van der Waals surface area (Å²) in [6.45, 7) is 4.48. The van der Waals surface area contributed by atoms with Crippen LogP contribution in [0.1, 0.15) is 37.0 Å². The van der Waals surface area contributed by atoms with Gasteiger partial charge < -0.3 is 0 Å². The quantitative estimate of drug-likeness (QED) is 0.175. The Balaban J connectivity index is 1.29. The van der Waals surface area contributed by atoms with Crippen molar-refractivity contribution in [2.45, 2.75) is 26.7 Å². The van der Waals surface area contributed by atoms with Crippen LogP contribution in [-0.4, -0.2) is 0 Å². The van der Waals surface area contributed by atoms with Gasteiger partial charge in [0.25, 0.3) is 0 Å². The van der Waals surface area contributed by atoms with Gasteiger partial charge in [-0.25, -0.2) is 0 Å². The normalized spacial score (nSPS) is 13.4. The lowest BCUT2D eigenvalue weighted by molar-refractivity contribution is 1.16. The van der Waals surface area contributed by atoms with Crippen molar-refractivity contribution in [3.05, 3.63) is 180 Å². The van der Waals surface area contributed by atoms with Crippen molar-refractivity contribution in [1.29, 1.82) is 0 Å².